The van der Waals surface area contributed by atoms with Crippen molar-refractivity contribution >= 4 is 17.3 Å². The highest BCUT2D eigenvalue weighted by molar-refractivity contribution is 6.33. The van der Waals surface area contributed by atoms with E-state index in [4.69, 9.17) is 17.3 Å². The van der Waals surface area contributed by atoms with Crippen LogP contribution in [0.25, 0.3) is 11.3 Å². The fourth-order valence-corrected chi connectivity index (χ4v) is 1.62. The Labute approximate surface area is 99.4 Å². The molecule has 0 saturated heterocycles. The smallest absolute Gasteiger partial charge is 0.396 e. The number of hydrogen-bond acceptors (Lipinski definition) is 2. The third kappa shape index (κ3) is 2.21. The number of aromatic nitrogens is 2. The van der Waals surface area contributed by atoms with E-state index >= 15 is 0 Å². The van der Waals surface area contributed by atoms with Crippen LogP contribution >= 0.6 is 11.6 Å². The SMILES string of the molecule is Nc1cn[nH]c1-c1cc(C(F)(F)F)ccc1Cl. The lowest BCUT2D eigenvalue weighted by atomic mass is 10.1. The van der Waals surface area contributed by atoms with Gasteiger partial charge in [0, 0.05) is 5.56 Å². The fraction of sp³-hybridized carbons (Fsp3) is 0.100. The first kappa shape index (κ1) is 11.8. The van der Waals surface area contributed by atoms with Gasteiger partial charge in [-0.3, -0.25) is 5.10 Å². The molecule has 0 spiro atoms. The zero-order valence-electron chi connectivity index (χ0n) is 8.35. The quantitative estimate of drug-likeness (QED) is 0.827. The first-order valence-corrected chi connectivity index (χ1v) is 4.93. The number of anilines is 1. The van der Waals surface area contributed by atoms with Gasteiger partial charge < -0.3 is 5.73 Å². The Morgan fingerprint density at radius 2 is 2.00 bits per heavy atom. The van der Waals surface area contributed by atoms with Crippen molar-refractivity contribution < 1.29 is 13.2 Å². The van der Waals surface area contributed by atoms with Crippen molar-refractivity contribution in [2.24, 2.45) is 0 Å². The van der Waals surface area contributed by atoms with Crippen molar-refractivity contribution in [2.75, 3.05) is 5.73 Å². The summed E-state index contributed by atoms with van der Waals surface area (Å²) < 4.78 is 37.6. The van der Waals surface area contributed by atoms with Crippen LogP contribution in [0.2, 0.25) is 5.02 Å². The summed E-state index contributed by atoms with van der Waals surface area (Å²) in [5.74, 6) is 0. The van der Waals surface area contributed by atoms with E-state index in [0.717, 1.165) is 12.1 Å². The molecule has 1 aromatic heterocycles. The third-order valence-electron chi connectivity index (χ3n) is 2.23. The summed E-state index contributed by atoms with van der Waals surface area (Å²) in [6.07, 6.45) is -3.11. The molecule has 1 heterocycles. The van der Waals surface area contributed by atoms with E-state index in [9.17, 15) is 13.2 Å². The lowest BCUT2D eigenvalue weighted by Crippen LogP contribution is -2.05. The Kier molecular flexibility index (Phi) is 2.74. The van der Waals surface area contributed by atoms with Gasteiger partial charge in [-0.05, 0) is 18.2 Å². The maximum absolute atomic E-state index is 12.5. The molecular formula is C10H7ClF3N3. The number of nitrogen functional groups attached to an aromatic ring is 1. The Balaban J connectivity index is 2.58. The van der Waals surface area contributed by atoms with Crippen LogP contribution in [0.4, 0.5) is 18.9 Å². The highest BCUT2D eigenvalue weighted by Gasteiger charge is 2.31. The minimum atomic E-state index is -4.42. The van der Waals surface area contributed by atoms with Crippen molar-refractivity contribution in [3.05, 3.63) is 35.0 Å². The lowest BCUT2D eigenvalue weighted by molar-refractivity contribution is -0.137. The largest absolute Gasteiger partial charge is 0.416 e. The monoisotopic (exact) mass is 261 g/mol. The van der Waals surface area contributed by atoms with Gasteiger partial charge in [-0.2, -0.15) is 18.3 Å². The van der Waals surface area contributed by atoms with E-state index in [1.54, 1.807) is 0 Å². The van der Waals surface area contributed by atoms with E-state index in [1.165, 1.54) is 12.3 Å². The number of halogens is 4. The molecule has 2 aromatic rings. The van der Waals surface area contributed by atoms with Crippen molar-refractivity contribution in [1.82, 2.24) is 10.2 Å². The Morgan fingerprint density at radius 1 is 1.29 bits per heavy atom. The number of benzene rings is 1. The van der Waals surface area contributed by atoms with Gasteiger partial charge in [0.1, 0.15) is 0 Å². The number of nitrogens with one attached hydrogen (secondary N) is 1. The molecule has 0 amide bonds. The number of nitrogens with two attached hydrogens (primary N) is 1. The summed E-state index contributed by atoms with van der Waals surface area (Å²) in [5.41, 5.74) is 5.48. The summed E-state index contributed by atoms with van der Waals surface area (Å²) in [7, 11) is 0. The van der Waals surface area contributed by atoms with Crippen molar-refractivity contribution in [3.63, 3.8) is 0 Å². The summed E-state index contributed by atoms with van der Waals surface area (Å²) in [5, 5.41) is 6.33. The second-order valence-corrected chi connectivity index (χ2v) is 3.80. The molecule has 0 fully saturated rings. The number of nitrogens with zero attached hydrogens (tertiary/aromatic N) is 1. The first-order valence-electron chi connectivity index (χ1n) is 4.55. The van der Waals surface area contributed by atoms with Gasteiger partial charge in [0.2, 0.25) is 0 Å². The zero-order valence-corrected chi connectivity index (χ0v) is 9.10. The fourth-order valence-electron chi connectivity index (χ4n) is 1.40. The molecule has 0 aliphatic heterocycles. The van der Waals surface area contributed by atoms with Gasteiger partial charge >= 0.3 is 6.18 Å². The van der Waals surface area contributed by atoms with Crippen LogP contribution in [0.15, 0.2) is 24.4 Å². The van der Waals surface area contributed by atoms with Crippen LogP contribution in [0.5, 0.6) is 0 Å². The number of aromatic amines is 1. The molecule has 3 nitrogen and oxygen atoms in total. The second-order valence-electron chi connectivity index (χ2n) is 3.39. The molecule has 1 aromatic carbocycles. The minimum Gasteiger partial charge on any atom is -0.396 e. The topological polar surface area (TPSA) is 54.7 Å². The lowest BCUT2D eigenvalue weighted by Gasteiger charge is -2.09. The van der Waals surface area contributed by atoms with E-state index in [-0.39, 0.29) is 22.0 Å². The maximum Gasteiger partial charge on any atom is 0.416 e. The van der Waals surface area contributed by atoms with Crippen molar-refractivity contribution in [1.29, 1.82) is 0 Å². The average Bonchev–Trinajstić information content (AvgIpc) is 2.63. The molecule has 0 aliphatic carbocycles. The van der Waals surface area contributed by atoms with Gasteiger partial charge in [0.25, 0.3) is 0 Å². The van der Waals surface area contributed by atoms with E-state index in [2.05, 4.69) is 10.2 Å². The predicted molar refractivity (Wildman–Crippen MR) is 58.4 cm³/mol. The van der Waals surface area contributed by atoms with Crippen LogP contribution < -0.4 is 5.73 Å². The number of H-pyrrole nitrogens is 1. The van der Waals surface area contributed by atoms with Gasteiger partial charge in [-0.25, -0.2) is 0 Å². The Morgan fingerprint density at radius 3 is 2.53 bits per heavy atom. The second kappa shape index (κ2) is 3.96. The summed E-state index contributed by atoms with van der Waals surface area (Å²) >= 11 is 5.84. The van der Waals surface area contributed by atoms with E-state index < -0.39 is 11.7 Å². The summed E-state index contributed by atoms with van der Waals surface area (Å²) in [4.78, 5) is 0. The molecule has 0 atom stereocenters. The Hall–Kier alpha value is -1.69. The molecule has 17 heavy (non-hydrogen) atoms. The molecule has 7 heteroatoms. The molecule has 0 radical (unpaired) electrons. The molecule has 0 aliphatic rings. The molecule has 0 unspecified atom stereocenters. The molecule has 3 N–H and O–H groups in total. The Bertz CT molecular complexity index is 548. The first-order chi connectivity index (χ1) is 7.89. The number of alkyl halides is 3. The summed E-state index contributed by atoms with van der Waals surface area (Å²) in [6.45, 7) is 0. The predicted octanol–water partition coefficient (Wildman–Crippen LogP) is 3.33. The average molecular weight is 262 g/mol. The van der Waals surface area contributed by atoms with Gasteiger partial charge in [-0.1, -0.05) is 11.6 Å². The third-order valence-corrected chi connectivity index (χ3v) is 2.56. The van der Waals surface area contributed by atoms with Crippen LogP contribution in [-0.4, -0.2) is 10.2 Å². The van der Waals surface area contributed by atoms with Crippen LogP contribution in [0, 0.1) is 0 Å². The van der Waals surface area contributed by atoms with Gasteiger partial charge in [0.15, 0.2) is 0 Å². The van der Waals surface area contributed by atoms with Gasteiger partial charge in [-0.15, -0.1) is 0 Å². The van der Waals surface area contributed by atoms with Crippen LogP contribution in [0.3, 0.4) is 0 Å². The molecule has 0 bridgehead atoms. The zero-order chi connectivity index (χ0) is 12.6. The molecule has 2 rings (SSSR count). The molecule has 0 saturated carbocycles. The summed E-state index contributed by atoms with van der Waals surface area (Å²) in [6, 6.07) is 3.03. The number of rotatable bonds is 1. The maximum atomic E-state index is 12.5. The molecular weight excluding hydrogens is 255 g/mol. The van der Waals surface area contributed by atoms with E-state index in [1.807, 2.05) is 0 Å². The van der Waals surface area contributed by atoms with Gasteiger partial charge in [0.05, 0.1) is 28.2 Å². The highest BCUT2D eigenvalue weighted by atomic mass is 35.5. The standard InChI is InChI=1S/C10H7ClF3N3/c11-7-2-1-5(10(12,13)14)3-6(7)9-8(15)4-16-17-9/h1-4H,15H2,(H,16,17). The van der Waals surface area contributed by atoms with Crippen LogP contribution in [0.1, 0.15) is 5.56 Å². The molecule has 90 valence electrons. The highest BCUT2D eigenvalue weighted by Crippen LogP contribution is 2.36. The normalized spacial score (nSPS) is 11.8. The van der Waals surface area contributed by atoms with Crippen molar-refractivity contribution in [3.8, 4) is 11.3 Å². The number of hydrogen-bond donors (Lipinski definition) is 2. The minimum absolute atomic E-state index is 0.175. The van der Waals surface area contributed by atoms with Crippen molar-refractivity contribution in [2.45, 2.75) is 6.18 Å². The van der Waals surface area contributed by atoms with E-state index in [0.29, 0.717) is 0 Å². The van der Waals surface area contributed by atoms with Crippen LogP contribution in [-0.2, 0) is 6.18 Å².